The minimum absolute atomic E-state index is 0.0411. The van der Waals surface area contributed by atoms with Crippen LogP contribution < -0.4 is 5.32 Å². The van der Waals surface area contributed by atoms with E-state index < -0.39 is 0 Å². The lowest BCUT2D eigenvalue weighted by Gasteiger charge is -2.09. The van der Waals surface area contributed by atoms with Gasteiger partial charge in [-0.2, -0.15) is 0 Å². The maximum Gasteiger partial charge on any atom is 0.251 e. The number of amides is 1. The van der Waals surface area contributed by atoms with Crippen molar-refractivity contribution in [3.05, 3.63) is 89.4 Å². The fourth-order valence-electron chi connectivity index (χ4n) is 3.39. The lowest BCUT2D eigenvalue weighted by Crippen LogP contribution is -2.24. The van der Waals surface area contributed by atoms with Gasteiger partial charge in [0.25, 0.3) is 5.91 Å². The molecule has 5 nitrogen and oxygen atoms in total. The summed E-state index contributed by atoms with van der Waals surface area (Å²) >= 11 is 1.60. The smallest absolute Gasteiger partial charge is 0.251 e. The van der Waals surface area contributed by atoms with Gasteiger partial charge in [-0.3, -0.25) is 9.36 Å². The predicted octanol–water partition coefficient (Wildman–Crippen LogP) is 5.44. The summed E-state index contributed by atoms with van der Waals surface area (Å²) in [5, 5.41) is 3.76. The number of imidazole rings is 1. The van der Waals surface area contributed by atoms with Gasteiger partial charge in [-0.05, 0) is 53.9 Å². The summed E-state index contributed by atoms with van der Waals surface area (Å²) in [5.41, 5.74) is 4.20. The van der Waals surface area contributed by atoms with Gasteiger partial charge in [-0.25, -0.2) is 14.4 Å². The van der Waals surface area contributed by atoms with Crippen LogP contribution in [0.3, 0.4) is 0 Å². The molecule has 2 aromatic carbocycles. The van der Waals surface area contributed by atoms with E-state index in [2.05, 4.69) is 17.2 Å². The number of aromatic nitrogens is 3. The van der Waals surface area contributed by atoms with Crippen LogP contribution in [-0.2, 0) is 12.3 Å². The molecule has 1 N–H and O–H groups in total. The van der Waals surface area contributed by atoms with Crippen molar-refractivity contribution in [2.24, 2.45) is 0 Å². The minimum Gasteiger partial charge on any atom is -0.352 e. The highest BCUT2D eigenvalue weighted by Crippen LogP contribution is 2.27. The van der Waals surface area contributed by atoms with Crippen LogP contribution in [0.1, 0.15) is 41.3 Å². The highest BCUT2D eigenvalue weighted by atomic mass is 32.2. The molecule has 164 valence electrons. The molecular formula is C25H25FN4OS. The second-order valence-electron chi connectivity index (χ2n) is 7.55. The van der Waals surface area contributed by atoms with Crippen molar-refractivity contribution in [1.29, 1.82) is 0 Å². The monoisotopic (exact) mass is 448 g/mol. The molecule has 0 saturated carbocycles. The highest BCUT2D eigenvalue weighted by molar-refractivity contribution is 7.98. The standard InChI is InChI=1S/C25H25FN4OS/c1-2-3-13-28-24(31)20-11-9-18(10-12-20)17-32-25-29-22-8-5-14-27-23(22)30(25)16-19-6-4-7-21(26)15-19/h4-12,14-15H,2-3,13,16-17H2,1H3,(H,28,31). The second-order valence-corrected chi connectivity index (χ2v) is 8.49. The number of nitrogens with zero attached hydrogens (tertiary/aromatic N) is 3. The molecule has 0 unspecified atom stereocenters. The molecule has 0 aliphatic rings. The number of nitrogens with one attached hydrogen (secondary N) is 1. The number of benzene rings is 2. The third kappa shape index (κ3) is 5.34. The highest BCUT2D eigenvalue weighted by Gasteiger charge is 2.13. The van der Waals surface area contributed by atoms with E-state index in [0.717, 1.165) is 40.3 Å². The molecule has 1 amide bonds. The molecule has 0 saturated heterocycles. The van der Waals surface area contributed by atoms with Gasteiger partial charge in [0.05, 0.1) is 6.54 Å². The number of rotatable bonds is 9. The number of hydrogen-bond acceptors (Lipinski definition) is 4. The summed E-state index contributed by atoms with van der Waals surface area (Å²) in [4.78, 5) is 21.4. The van der Waals surface area contributed by atoms with E-state index in [1.54, 1.807) is 24.0 Å². The Kier molecular flexibility index (Phi) is 7.17. The Morgan fingerprint density at radius 1 is 1.09 bits per heavy atom. The zero-order valence-electron chi connectivity index (χ0n) is 17.9. The summed E-state index contributed by atoms with van der Waals surface area (Å²) in [6.07, 6.45) is 3.77. The van der Waals surface area contributed by atoms with Crippen molar-refractivity contribution in [3.8, 4) is 0 Å². The molecule has 2 heterocycles. The Morgan fingerprint density at radius 3 is 2.72 bits per heavy atom. The van der Waals surface area contributed by atoms with E-state index in [0.29, 0.717) is 24.4 Å². The Labute approximate surface area is 191 Å². The zero-order chi connectivity index (χ0) is 22.3. The molecule has 4 aromatic rings. The predicted molar refractivity (Wildman–Crippen MR) is 126 cm³/mol. The average Bonchev–Trinajstić information content (AvgIpc) is 3.15. The number of fused-ring (bicyclic) bond motifs is 1. The van der Waals surface area contributed by atoms with E-state index >= 15 is 0 Å². The Bertz CT molecular complexity index is 1210. The van der Waals surface area contributed by atoms with Gasteiger partial charge in [-0.15, -0.1) is 0 Å². The van der Waals surface area contributed by atoms with Crippen molar-refractivity contribution in [3.63, 3.8) is 0 Å². The number of halogens is 1. The van der Waals surface area contributed by atoms with Gasteiger partial charge < -0.3 is 5.32 Å². The average molecular weight is 449 g/mol. The molecule has 0 radical (unpaired) electrons. The first kappa shape index (κ1) is 22.0. The summed E-state index contributed by atoms with van der Waals surface area (Å²) in [6, 6.07) is 18.0. The maximum atomic E-state index is 13.7. The number of carbonyl (C=O) groups is 1. The van der Waals surface area contributed by atoms with Gasteiger partial charge in [-0.1, -0.05) is 49.4 Å². The number of pyridine rings is 1. The van der Waals surface area contributed by atoms with Crippen LogP contribution in [0.15, 0.2) is 72.0 Å². The summed E-state index contributed by atoms with van der Waals surface area (Å²) in [6.45, 7) is 3.29. The molecule has 0 fully saturated rings. The van der Waals surface area contributed by atoms with Crippen molar-refractivity contribution in [1.82, 2.24) is 19.9 Å². The normalized spacial score (nSPS) is 11.1. The number of carbonyl (C=O) groups excluding carboxylic acids is 1. The van der Waals surface area contributed by atoms with Crippen LogP contribution in [0.5, 0.6) is 0 Å². The quantitative estimate of drug-likeness (QED) is 0.274. The number of hydrogen-bond donors (Lipinski definition) is 1. The van der Waals surface area contributed by atoms with E-state index in [1.165, 1.54) is 12.1 Å². The van der Waals surface area contributed by atoms with Crippen LogP contribution in [0.2, 0.25) is 0 Å². The molecule has 0 aliphatic heterocycles. The van der Waals surface area contributed by atoms with Gasteiger partial charge in [0.15, 0.2) is 10.8 Å². The van der Waals surface area contributed by atoms with Crippen molar-refractivity contribution >= 4 is 28.8 Å². The molecule has 0 bridgehead atoms. The zero-order valence-corrected chi connectivity index (χ0v) is 18.7. The third-order valence-electron chi connectivity index (χ3n) is 5.10. The Hall–Kier alpha value is -3.19. The third-order valence-corrected chi connectivity index (χ3v) is 6.15. The summed E-state index contributed by atoms with van der Waals surface area (Å²) < 4.78 is 15.7. The van der Waals surface area contributed by atoms with Crippen molar-refractivity contribution in [2.75, 3.05) is 6.54 Å². The maximum absolute atomic E-state index is 13.7. The Morgan fingerprint density at radius 2 is 1.94 bits per heavy atom. The molecule has 32 heavy (non-hydrogen) atoms. The largest absolute Gasteiger partial charge is 0.352 e. The van der Waals surface area contributed by atoms with Crippen molar-refractivity contribution in [2.45, 2.75) is 37.2 Å². The van der Waals surface area contributed by atoms with E-state index in [9.17, 15) is 9.18 Å². The van der Waals surface area contributed by atoms with Gasteiger partial charge in [0.2, 0.25) is 0 Å². The molecule has 0 atom stereocenters. The summed E-state index contributed by atoms with van der Waals surface area (Å²) in [7, 11) is 0. The molecule has 4 rings (SSSR count). The first-order valence-electron chi connectivity index (χ1n) is 10.7. The van der Waals surface area contributed by atoms with Crippen molar-refractivity contribution < 1.29 is 9.18 Å². The topological polar surface area (TPSA) is 59.8 Å². The first-order valence-corrected chi connectivity index (χ1v) is 11.7. The van der Waals surface area contributed by atoms with Crippen LogP contribution in [0, 0.1) is 5.82 Å². The Balaban J connectivity index is 1.49. The van der Waals surface area contributed by atoms with Crippen LogP contribution in [0.25, 0.3) is 11.2 Å². The fraction of sp³-hybridized carbons (Fsp3) is 0.240. The first-order chi connectivity index (χ1) is 15.6. The van der Waals surface area contributed by atoms with E-state index in [-0.39, 0.29) is 11.7 Å². The molecule has 2 aromatic heterocycles. The lowest BCUT2D eigenvalue weighted by molar-refractivity contribution is 0.0953. The van der Waals surface area contributed by atoms with E-state index in [1.807, 2.05) is 47.0 Å². The second kappa shape index (κ2) is 10.4. The van der Waals surface area contributed by atoms with Crippen LogP contribution >= 0.6 is 11.8 Å². The fourth-order valence-corrected chi connectivity index (χ4v) is 4.35. The van der Waals surface area contributed by atoms with Gasteiger partial charge in [0, 0.05) is 24.1 Å². The van der Waals surface area contributed by atoms with Crippen LogP contribution in [-0.4, -0.2) is 27.0 Å². The summed E-state index contributed by atoms with van der Waals surface area (Å²) in [5.74, 6) is 0.401. The molecule has 0 aliphatic carbocycles. The molecular weight excluding hydrogens is 423 g/mol. The van der Waals surface area contributed by atoms with Gasteiger partial charge in [0.1, 0.15) is 11.3 Å². The molecule has 0 spiro atoms. The number of unbranched alkanes of at least 4 members (excludes halogenated alkanes) is 1. The van der Waals surface area contributed by atoms with E-state index in [4.69, 9.17) is 4.98 Å². The number of thioether (sulfide) groups is 1. The SMILES string of the molecule is CCCCNC(=O)c1ccc(CSc2nc3cccnc3n2Cc2cccc(F)c2)cc1. The van der Waals surface area contributed by atoms with Crippen LogP contribution in [0.4, 0.5) is 4.39 Å². The lowest BCUT2D eigenvalue weighted by atomic mass is 10.1. The minimum atomic E-state index is -0.257. The van der Waals surface area contributed by atoms with Gasteiger partial charge >= 0.3 is 0 Å². The molecule has 7 heteroatoms.